The fraction of sp³-hybridized carbons (Fsp3) is 0.348. The lowest BCUT2D eigenvalue weighted by Crippen LogP contribution is -2.38. The monoisotopic (exact) mass is 435 g/mol. The van der Waals surface area contributed by atoms with Gasteiger partial charge in [-0.05, 0) is 37.5 Å². The minimum atomic E-state index is -0.482. The highest BCUT2D eigenvalue weighted by Crippen LogP contribution is 2.27. The van der Waals surface area contributed by atoms with Gasteiger partial charge in [-0.2, -0.15) is 5.10 Å². The summed E-state index contributed by atoms with van der Waals surface area (Å²) < 4.78 is 3.24. The average Bonchev–Trinajstić information content (AvgIpc) is 3.14. The number of hydrogen-bond donors (Lipinski definition) is 0. The van der Waals surface area contributed by atoms with Crippen molar-refractivity contribution in [1.29, 1.82) is 0 Å². The molecule has 0 atom stereocenters. The third kappa shape index (κ3) is 4.32. The number of carbonyl (C=O) groups is 1. The van der Waals surface area contributed by atoms with Crippen molar-refractivity contribution < 1.29 is 9.72 Å². The van der Waals surface area contributed by atoms with Crippen molar-refractivity contribution in [3.63, 3.8) is 0 Å². The maximum Gasteiger partial charge on any atom is 0.346 e. The molecule has 9 nitrogen and oxygen atoms in total. The molecule has 0 spiro atoms. The van der Waals surface area contributed by atoms with Gasteiger partial charge in [0.05, 0.1) is 11.5 Å². The van der Waals surface area contributed by atoms with Crippen LogP contribution in [0.2, 0.25) is 0 Å². The number of carbonyl (C=O) groups excluding carboxylic acids is 1. The predicted octanol–water partition coefficient (Wildman–Crippen LogP) is 3.04. The van der Waals surface area contributed by atoms with E-state index in [0.717, 1.165) is 11.4 Å². The standard InChI is InChI=1S/C23H25N5O4/c1-2-26-21(24-27(23(26)30)16-17-6-4-3-5-7-17)18-12-14-25(15-13-18)22(29)19-8-10-20(11-9-19)28(31)32/h3-11,18H,2,12-16H2,1H3. The molecule has 1 amide bonds. The lowest BCUT2D eigenvalue weighted by atomic mass is 9.95. The van der Waals surface area contributed by atoms with Crippen molar-refractivity contribution >= 4 is 11.6 Å². The van der Waals surface area contributed by atoms with Gasteiger partial charge >= 0.3 is 5.69 Å². The Labute approximate surface area is 185 Å². The summed E-state index contributed by atoms with van der Waals surface area (Å²) >= 11 is 0. The number of benzene rings is 2. The Bertz CT molecular complexity index is 1160. The SMILES string of the molecule is CCn1c(C2CCN(C(=O)c3ccc([N+](=O)[O-])cc3)CC2)nn(Cc2ccccc2)c1=O. The molecule has 1 fully saturated rings. The van der Waals surface area contributed by atoms with Gasteiger partial charge in [-0.3, -0.25) is 19.5 Å². The third-order valence-electron chi connectivity index (χ3n) is 5.92. The van der Waals surface area contributed by atoms with Crippen LogP contribution in [0.15, 0.2) is 59.4 Å². The van der Waals surface area contributed by atoms with Gasteiger partial charge < -0.3 is 4.90 Å². The molecule has 4 rings (SSSR count). The van der Waals surface area contributed by atoms with Gasteiger partial charge in [0.1, 0.15) is 5.82 Å². The largest absolute Gasteiger partial charge is 0.346 e. The van der Waals surface area contributed by atoms with E-state index in [1.165, 1.54) is 28.9 Å². The van der Waals surface area contributed by atoms with E-state index in [0.29, 0.717) is 44.6 Å². The van der Waals surface area contributed by atoms with E-state index in [-0.39, 0.29) is 23.2 Å². The second-order valence-electron chi connectivity index (χ2n) is 7.90. The molecule has 0 N–H and O–H groups in total. The number of amides is 1. The zero-order valence-electron chi connectivity index (χ0n) is 17.9. The normalized spacial score (nSPS) is 14.5. The first kappa shape index (κ1) is 21.5. The van der Waals surface area contributed by atoms with E-state index >= 15 is 0 Å². The summed E-state index contributed by atoms with van der Waals surface area (Å²) in [6.45, 7) is 4.00. The molecule has 0 aliphatic carbocycles. The number of nitro groups is 1. The minimum Gasteiger partial charge on any atom is -0.339 e. The van der Waals surface area contributed by atoms with Gasteiger partial charge in [0.2, 0.25) is 0 Å². The molecular formula is C23H25N5O4. The Morgan fingerprint density at radius 2 is 1.75 bits per heavy atom. The molecule has 3 aromatic rings. The number of aromatic nitrogens is 3. The fourth-order valence-corrected chi connectivity index (χ4v) is 4.17. The number of nitrogens with zero attached hydrogens (tertiary/aromatic N) is 5. The van der Waals surface area contributed by atoms with Crippen LogP contribution in [0, 0.1) is 10.1 Å². The molecule has 2 heterocycles. The van der Waals surface area contributed by atoms with Crippen LogP contribution in [0.4, 0.5) is 5.69 Å². The van der Waals surface area contributed by atoms with Gasteiger partial charge in [-0.15, -0.1) is 0 Å². The van der Waals surface area contributed by atoms with Gasteiger partial charge in [-0.25, -0.2) is 9.48 Å². The van der Waals surface area contributed by atoms with Crippen LogP contribution < -0.4 is 5.69 Å². The van der Waals surface area contributed by atoms with Crippen LogP contribution in [0.3, 0.4) is 0 Å². The van der Waals surface area contributed by atoms with E-state index < -0.39 is 4.92 Å². The van der Waals surface area contributed by atoms with Crippen molar-refractivity contribution in [1.82, 2.24) is 19.2 Å². The van der Waals surface area contributed by atoms with Gasteiger partial charge in [0, 0.05) is 43.2 Å². The average molecular weight is 435 g/mol. The van der Waals surface area contributed by atoms with E-state index in [9.17, 15) is 19.7 Å². The highest BCUT2D eigenvalue weighted by Gasteiger charge is 2.29. The number of nitro benzene ring substituents is 1. The number of non-ortho nitro benzene ring substituents is 1. The highest BCUT2D eigenvalue weighted by atomic mass is 16.6. The molecule has 166 valence electrons. The second kappa shape index (κ2) is 9.17. The van der Waals surface area contributed by atoms with Crippen LogP contribution in [0.25, 0.3) is 0 Å². The first-order valence-corrected chi connectivity index (χ1v) is 10.7. The van der Waals surface area contributed by atoms with E-state index in [4.69, 9.17) is 0 Å². The molecule has 0 radical (unpaired) electrons. The van der Waals surface area contributed by atoms with E-state index in [1.807, 2.05) is 37.3 Å². The van der Waals surface area contributed by atoms with Crippen LogP contribution in [-0.2, 0) is 13.1 Å². The van der Waals surface area contributed by atoms with Gasteiger partial charge in [0.25, 0.3) is 11.6 Å². The van der Waals surface area contributed by atoms with Crippen molar-refractivity contribution in [3.8, 4) is 0 Å². The fourth-order valence-electron chi connectivity index (χ4n) is 4.17. The minimum absolute atomic E-state index is 0.0381. The van der Waals surface area contributed by atoms with Crippen molar-refractivity contribution in [2.45, 2.75) is 38.8 Å². The molecule has 9 heteroatoms. The van der Waals surface area contributed by atoms with Crippen LogP contribution in [0.5, 0.6) is 0 Å². The summed E-state index contributed by atoms with van der Waals surface area (Å²) in [5.41, 5.74) is 1.30. The predicted molar refractivity (Wildman–Crippen MR) is 119 cm³/mol. The number of likely N-dealkylation sites (tertiary alicyclic amines) is 1. The molecule has 1 aliphatic heterocycles. The second-order valence-corrected chi connectivity index (χ2v) is 7.90. The Morgan fingerprint density at radius 3 is 2.34 bits per heavy atom. The topological polar surface area (TPSA) is 103 Å². The van der Waals surface area contributed by atoms with Crippen molar-refractivity contribution in [2.75, 3.05) is 13.1 Å². The number of piperidine rings is 1. The molecule has 0 saturated carbocycles. The lowest BCUT2D eigenvalue weighted by molar-refractivity contribution is -0.384. The molecule has 32 heavy (non-hydrogen) atoms. The first-order valence-electron chi connectivity index (χ1n) is 10.7. The summed E-state index contributed by atoms with van der Waals surface area (Å²) in [6.07, 6.45) is 1.42. The summed E-state index contributed by atoms with van der Waals surface area (Å²) in [4.78, 5) is 37.7. The Morgan fingerprint density at radius 1 is 1.09 bits per heavy atom. The zero-order chi connectivity index (χ0) is 22.7. The Hall–Kier alpha value is -3.75. The first-order chi connectivity index (χ1) is 15.5. The molecule has 1 saturated heterocycles. The molecule has 0 bridgehead atoms. The van der Waals surface area contributed by atoms with Crippen molar-refractivity contribution in [2.24, 2.45) is 0 Å². The number of rotatable bonds is 6. The van der Waals surface area contributed by atoms with Gasteiger partial charge in [0.15, 0.2) is 0 Å². The maximum absolute atomic E-state index is 12.9. The lowest BCUT2D eigenvalue weighted by Gasteiger charge is -2.31. The van der Waals surface area contributed by atoms with Crippen LogP contribution >= 0.6 is 0 Å². The van der Waals surface area contributed by atoms with E-state index in [2.05, 4.69) is 5.10 Å². The van der Waals surface area contributed by atoms with Gasteiger partial charge in [-0.1, -0.05) is 30.3 Å². The number of hydrogen-bond acceptors (Lipinski definition) is 5. The third-order valence-corrected chi connectivity index (χ3v) is 5.92. The molecular weight excluding hydrogens is 410 g/mol. The quantitative estimate of drug-likeness (QED) is 0.437. The highest BCUT2D eigenvalue weighted by molar-refractivity contribution is 5.94. The molecule has 0 unspecified atom stereocenters. The molecule has 2 aromatic carbocycles. The van der Waals surface area contributed by atoms with Crippen molar-refractivity contribution in [3.05, 3.63) is 92.1 Å². The smallest absolute Gasteiger partial charge is 0.339 e. The molecule has 1 aromatic heterocycles. The summed E-state index contributed by atoms with van der Waals surface area (Å²) in [6, 6.07) is 15.4. The Balaban J connectivity index is 1.45. The van der Waals surface area contributed by atoms with Crippen LogP contribution in [-0.4, -0.2) is 43.2 Å². The van der Waals surface area contributed by atoms with Crippen LogP contribution in [0.1, 0.15) is 47.4 Å². The van der Waals surface area contributed by atoms with E-state index in [1.54, 1.807) is 9.47 Å². The maximum atomic E-state index is 12.9. The summed E-state index contributed by atoms with van der Waals surface area (Å²) in [5.74, 6) is 0.734. The zero-order valence-corrected chi connectivity index (χ0v) is 17.9. The molecule has 1 aliphatic rings. The Kier molecular flexibility index (Phi) is 6.16. The summed E-state index contributed by atoms with van der Waals surface area (Å²) in [7, 11) is 0. The summed E-state index contributed by atoms with van der Waals surface area (Å²) in [5, 5.41) is 15.5.